The van der Waals surface area contributed by atoms with E-state index in [1.807, 2.05) is 24.4 Å². The minimum Gasteiger partial charge on any atom is -0.356 e. The summed E-state index contributed by atoms with van der Waals surface area (Å²) >= 11 is 2.84. The number of carbonyl (C=O) groups excluding carboxylic acids is 2. The number of hydrogen-bond acceptors (Lipinski definition) is 5. The zero-order valence-electron chi connectivity index (χ0n) is 14.1. The van der Waals surface area contributed by atoms with E-state index >= 15 is 0 Å². The fraction of sp³-hybridized carbons (Fsp3) is 0.278. The molecular formula is C18H18FN3O2S2. The number of aliphatic imine (C=N–C) groups is 1. The summed E-state index contributed by atoms with van der Waals surface area (Å²) in [6, 6.07) is 9.67. The first-order valence-corrected chi connectivity index (χ1v) is 9.94. The number of nitrogens with zero attached hydrogens (tertiary/aromatic N) is 2. The minimum absolute atomic E-state index is 0.112. The van der Waals surface area contributed by atoms with E-state index < -0.39 is 5.25 Å². The molecule has 1 unspecified atom stereocenters. The third-order valence-electron chi connectivity index (χ3n) is 3.71. The Morgan fingerprint density at radius 2 is 2.08 bits per heavy atom. The van der Waals surface area contributed by atoms with E-state index in [0.29, 0.717) is 23.9 Å². The van der Waals surface area contributed by atoms with Gasteiger partial charge in [0.05, 0.1) is 12.2 Å². The van der Waals surface area contributed by atoms with Crippen molar-refractivity contribution < 1.29 is 14.0 Å². The molecule has 0 saturated carbocycles. The maximum absolute atomic E-state index is 13.1. The smallest absolute Gasteiger partial charge is 0.243 e. The first-order chi connectivity index (χ1) is 12.6. The predicted molar refractivity (Wildman–Crippen MR) is 103 cm³/mol. The molecule has 0 aliphatic carbocycles. The van der Waals surface area contributed by atoms with Crippen LogP contribution in [0.25, 0.3) is 0 Å². The van der Waals surface area contributed by atoms with Gasteiger partial charge in [-0.05, 0) is 42.6 Å². The summed E-state index contributed by atoms with van der Waals surface area (Å²) in [6.45, 7) is 2.78. The van der Waals surface area contributed by atoms with Crippen LogP contribution in [0, 0.1) is 5.82 Å². The molecule has 1 aromatic heterocycles. The average molecular weight is 391 g/mol. The summed E-state index contributed by atoms with van der Waals surface area (Å²) in [5.74, 6) is -0.623. The summed E-state index contributed by atoms with van der Waals surface area (Å²) in [5.41, 5.74) is 0.566. The molecule has 8 heteroatoms. The standard InChI is InChI=1S/C18H18FN3O2S2/c1-2-20-16(23)10-15-17(24)22(11-14-4-3-9-25-14)18(26-15)21-13-7-5-12(19)6-8-13/h3-9,15H,2,10-11H2,1H3,(H,20,23). The molecule has 5 nitrogen and oxygen atoms in total. The molecule has 136 valence electrons. The number of amidine groups is 1. The Bertz CT molecular complexity index is 806. The van der Waals surface area contributed by atoms with E-state index in [1.54, 1.807) is 28.4 Å². The zero-order chi connectivity index (χ0) is 18.5. The second-order valence-corrected chi connectivity index (χ2v) is 7.84. The molecule has 0 spiro atoms. The lowest BCUT2D eigenvalue weighted by molar-refractivity contribution is -0.129. The SMILES string of the molecule is CCNC(=O)CC1SC(=Nc2ccc(F)cc2)N(Cc2cccs2)C1=O. The van der Waals surface area contributed by atoms with Crippen LogP contribution in [0.4, 0.5) is 10.1 Å². The predicted octanol–water partition coefficient (Wildman–Crippen LogP) is 3.55. The molecular weight excluding hydrogens is 373 g/mol. The van der Waals surface area contributed by atoms with Crippen molar-refractivity contribution in [3.05, 3.63) is 52.5 Å². The fourth-order valence-electron chi connectivity index (χ4n) is 2.49. The Balaban J connectivity index is 1.84. The van der Waals surface area contributed by atoms with Gasteiger partial charge in [0.15, 0.2) is 5.17 Å². The number of thioether (sulfide) groups is 1. The summed E-state index contributed by atoms with van der Waals surface area (Å²) < 4.78 is 13.1. The zero-order valence-corrected chi connectivity index (χ0v) is 15.8. The van der Waals surface area contributed by atoms with Gasteiger partial charge in [0.25, 0.3) is 0 Å². The molecule has 1 aromatic carbocycles. The van der Waals surface area contributed by atoms with Gasteiger partial charge in [-0.1, -0.05) is 17.8 Å². The second-order valence-electron chi connectivity index (χ2n) is 5.64. The monoisotopic (exact) mass is 391 g/mol. The van der Waals surface area contributed by atoms with Crippen molar-refractivity contribution >= 4 is 45.8 Å². The van der Waals surface area contributed by atoms with Crippen molar-refractivity contribution in [3.63, 3.8) is 0 Å². The van der Waals surface area contributed by atoms with Crippen LogP contribution < -0.4 is 5.32 Å². The molecule has 3 rings (SSSR count). The Labute approximate surface area is 159 Å². The number of nitrogens with one attached hydrogen (secondary N) is 1. The second kappa shape index (κ2) is 8.46. The molecule has 1 fully saturated rings. The Morgan fingerprint density at radius 3 is 2.73 bits per heavy atom. The van der Waals surface area contributed by atoms with Crippen LogP contribution in [0.3, 0.4) is 0 Å². The number of rotatable bonds is 6. The van der Waals surface area contributed by atoms with Crippen molar-refractivity contribution in [3.8, 4) is 0 Å². The summed E-state index contributed by atoms with van der Waals surface area (Å²) in [6.07, 6.45) is 0.112. The summed E-state index contributed by atoms with van der Waals surface area (Å²) in [4.78, 5) is 31.9. The third kappa shape index (κ3) is 4.50. The lowest BCUT2D eigenvalue weighted by Gasteiger charge is -2.15. The lowest BCUT2D eigenvalue weighted by atomic mass is 10.2. The van der Waals surface area contributed by atoms with Gasteiger partial charge in [0, 0.05) is 17.8 Å². The van der Waals surface area contributed by atoms with Gasteiger partial charge in [-0.3, -0.25) is 14.5 Å². The molecule has 2 heterocycles. The number of amides is 2. The fourth-order valence-corrected chi connectivity index (χ4v) is 4.34. The molecule has 2 amide bonds. The van der Waals surface area contributed by atoms with Gasteiger partial charge in [-0.2, -0.15) is 0 Å². The number of thiophene rings is 1. The molecule has 1 saturated heterocycles. The van der Waals surface area contributed by atoms with Crippen molar-refractivity contribution in [2.75, 3.05) is 6.54 Å². The quantitative estimate of drug-likeness (QED) is 0.819. The van der Waals surface area contributed by atoms with Crippen molar-refractivity contribution in [1.29, 1.82) is 0 Å². The number of hydrogen-bond donors (Lipinski definition) is 1. The van der Waals surface area contributed by atoms with E-state index in [-0.39, 0.29) is 24.1 Å². The minimum atomic E-state index is -0.499. The van der Waals surface area contributed by atoms with E-state index in [0.717, 1.165) is 4.88 Å². The van der Waals surface area contributed by atoms with E-state index in [2.05, 4.69) is 10.3 Å². The van der Waals surface area contributed by atoms with E-state index in [4.69, 9.17) is 0 Å². The normalized spacial score (nSPS) is 18.5. The molecule has 26 heavy (non-hydrogen) atoms. The van der Waals surface area contributed by atoms with Gasteiger partial charge < -0.3 is 5.32 Å². The van der Waals surface area contributed by atoms with Gasteiger partial charge in [0.2, 0.25) is 11.8 Å². The van der Waals surface area contributed by atoms with Crippen LogP contribution in [0.1, 0.15) is 18.2 Å². The highest BCUT2D eigenvalue weighted by atomic mass is 32.2. The summed E-state index contributed by atoms with van der Waals surface area (Å²) in [5, 5.41) is 4.70. The largest absolute Gasteiger partial charge is 0.356 e. The number of benzene rings is 1. The highest BCUT2D eigenvalue weighted by Gasteiger charge is 2.39. The van der Waals surface area contributed by atoms with Gasteiger partial charge in [0.1, 0.15) is 11.1 Å². The van der Waals surface area contributed by atoms with Crippen LogP contribution in [-0.2, 0) is 16.1 Å². The van der Waals surface area contributed by atoms with Crippen LogP contribution in [0.5, 0.6) is 0 Å². The molecule has 1 atom stereocenters. The summed E-state index contributed by atoms with van der Waals surface area (Å²) in [7, 11) is 0. The Morgan fingerprint density at radius 1 is 1.31 bits per heavy atom. The third-order valence-corrected chi connectivity index (χ3v) is 5.75. The number of carbonyl (C=O) groups is 2. The van der Waals surface area contributed by atoms with Gasteiger partial charge in [-0.25, -0.2) is 9.38 Å². The highest BCUT2D eigenvalue weighted by molar-refractivity contribution is 8.15. The first-order valence-electron chi connectivity index (χ1n) is 8.18. The molecule has 2 aromatic rings. The van der Waals surface area contributed by atoms with Crippen LogP contribution in [0.15, 0.2) is 46.8 Å². The Hall–Kier alpha value is -2.19. The molecule has 0 radical (unpaired) electrons. The topological polar surface area (TPSA) is 61.8 Å². The van der Waals surface area contributed by atoms with Crippen molar-refractivity contribution in [1.82, 2.24) is 10.2 Å². The molecule has 1 N–H and O–H groups in total. The number of halogens is 1. The molecule has 0 bridgehead atoms. The maximum atomic E-state index is 13.1. The highest BCUT2D eigenvalue weighted by Crippen LogP contribution is 2.33. The average Bonchev–Trinajstić information content (AvgIpc) is 3.22. The van der Waals surface area contributed by atoms with Crippen LogP contribution in [-0.4, -0.2) is 33.7 Å². The first kappa shape index (κ1) is 18.6. The van der Waals surface area contributed by atoms with Crippen LogP contribution in [0.2, 0.25) is 0 Å². The lowest BCUT2D eigenvalue weighted by Crippen LogP contribution is -2.34. The Kier molecular flexibility index (Phi) is 6.05. The molecule has 1 aliphatic heterocycles. The van der Waals surface area contributed by atoms with Gasteiger partial charge >= 0.3 is 0 Å². The van der Waals surface area contributed by atoms with E-state index in [9.17, 15) is 14.0 Å². The maximum Gasteiger partial charge on any atom is 0.243 e. The van der Waals surface area contributed by atoms with E-state index in [1.165, 1.54) is 23.9 Å². The van der Waals surface area contributed by atoms with Crippen molar-refractivity contribution in [2.45, 2.75) is 25.1 Å². The van der Waals surface area contributed by atoms with Crippen LogP contribution >= 0.6 is 23.1 Å². The van der Waals surface area contributed by atoms with Gasteiger partial charge in [-0.15, -0.1) is 11.3 Å². The van der Waals surface area contributed by atoms with Crippen molar-refractivity contribution in [2.24, 2.45) is 4.99 Å². The molecule has 1 aliphatic rings.